The molecule has 0 spiro atoms. The molecule has 0 aliphatic heterocycles. The molecule has 0 amide bonds. The number of hydrogen-bond donors (Lipinski definition) is 1. The van der Waals surface area contributed by atoms with Crippen LogP contribution in [0.2, 0.25) is 5.02 Å². The van der Waals surface area contributed by atoms with E-state index in [0.29, 0.717) is 5.02 Å². The highest BCUT2D eigenvalue weighted by Crippen LogP contribution is 2.28. The number of nitrogens with one attached hydrogen (secondary N) is 1. The molecule has 1 nitrogen and oxygen atoms in total. The van der Waals surface area contributed by atoms with Gasteiger partial charge in [-0.05, 0) is 30.3 Å². The molecule has 2 aromatic rings. The summed E-state index contributed by atoms with van der Waals surface area (Å²) in [4.78, 5) is 0. The van der Waals surface area contributed by atoms with Gasteiger partial charge in [0, 0.05) is 10.2 Å². The topological polar surface area (TPSA) is 12.0 Å². The van der Waals surface area contributed by atoms with E-state index in [4.69, 9.17) is 11.6 Å². The molecule has 0 saturated carbocycles. The van der Waals surface area contributed by atoms with Crippen LogP contribution in [0, 0.1) is 0 Å². The first kappa shape index (κ1) is 10.5. The molecular formula is C12H9BrClN. The van der Waals surface area contributed by atoms with Crippen LogP contribution in [-0.4, -0.2) is 0 Å². The molecule has 0 unspecified atom stereocenters. The normalized spacial score (nSPS) is 10.0. The molecule has 0 aliphatic carbocycles. The van der Waals surface area contributed by atoms with Gasteiger partial charge in [0.05, 0.1) is 10.7 Å². The number of halogens is 2. The summed E-state index contributed by atoms with van der Waals surface area (Å²) < 4.78 is 0.978. The van der Waals surface area contributed by atoms with Crippen LogP contribution >= 0.6 is 27.5 Å². The molecule has 0 heterocycles. The summed E-state index contributed by atoms with van der Waals surface area (Å²) in [6, 6.07) is 15.7. The van der Waals surface area contributed by atoms with Gasteiger partial charge in [-0.3, -0.25) is 0 Å². The second kappa shape index (κ2) is 4.69. The lowest BCUT2D eigenvalue weighted by Crippen LogP contribution is -1.90. The van der Waals surface area contributed by atoms with Crippen LogP contribution < -0.4 is 5.32 Å². The van der Waals surface area contributed by atoms with Crippen molar-refractivity contribution >= 4 is 38.9 Å². The molecular weight excluding hydrogens is 273 g/mol. The number of hydrogen-bond acceptors (Lipinski definition) is 1. The van der Waals surface area contributed by atoms with Crippen LogP contribution in [-0.2, 0) is 0 Å². The van der Waals surface area contributed by atoms with Gasteiger partial charge in [-0.2, -0.15) is 0 Å². The fourth-order valence-corrected chi connectivity index (χ4v) is 1.99. The van der Waals surface area contributed by atoms with E-state index in [0.717, 1.165) is 15.8 Å². The molecule has 0 atom stereocenters. The minimum Gasteiger partial charge on any atom is -0.354 e. The first-order valence-electron chi connectivity index (χ1n) is 4.53. The van der Waals surface area contributed by atoms with Crippen molar-refractivity contribution < 1.29 is 0 Å². The van der Waals surface area contributed by atoms with Crippen molar-refractivity contribution in [1.82, 2.24) is 0 Å². The van der Waals surface area contributed by atoms with Crippen LogP contribution in [0.25, 0.3) is 0 Å². The Balaban J connectivity index is 2.25. The molecule has 0 aromatic heterocycles. The highest BCUT2D eigenvalue weighted by Gasteiger charge is 2.00. The number of anilines is 2. The lowest BCUT2D eigenvalue weighted by atomic mass is 10.3. The molecule has 0 radical (unpaired) electrons. The molecule has 0 aliphatic rings. The molecule has 1 N–H and O–H groups in total. The van der Waals surface area contributed by atoms with E-state index >= 15 is 0 Å². The lowest BCUT2D eigenvalue weighted by molar-refractivity contribution is 1.54. The second-order valence-corrected chi connectivity index (χ2v) is 4.44. The summed E-state index contributed by atoms with van der Waals surface area (Å²) in [6.45, 7) is 0. The molecule has 2 rings (SSSR count). The first-order valence-corrected chi connectivity index (χ1v) is 5.70. The summed E-state index contributed by atoms with van der Waals surface area (Å²) in [5.41, 5.74) is 1.94. The molecule has 0 fully saturated rings. The van der Waals surface area contributed by atoms with Gasteiger partial charge < -0.3 is 5.32 Å². The van der Waals surface area contributed by atoms with Crippen LogP contribution in [0.5, 0.6) is 0 Å². The van der Waals surface area contributed by atoms with Gasteiger partial charge in [-0.1, -0.05) is 45.7 Å². The van der Waals surface area contributed by atoms with Crippen molar-refractivity contribution in [2.75, 3.05) is 5.32 Å². The molecule has 76 valence electrons. The maximum atomic E-state index is 6.09. The smallest absolute Gasteiger partial charge is 0.0652 e. The Bertz CT molecular complexity index is 456. The monoisotopic (exact) mass is 281 g/mol. The van der Waals surface area contributed by atoms with E-state index < -0.39 is 0 Å². The van der Waals surface area contributed by atoms with E-state index in [9.17, 15) is 0 Å². The minimum atomic E-state index is 0.702. The average Bonchev–Trinajstić information content (AvgIpc) is 2.24. The van der Waals surface area contributed by atoms with Crippen molar-refractivity contribution in [2.24, 2.45) is 0 Å². The zero-order valence-corrected chi connectivity index (χ0v) is 10.2. The van der Waals surface area contributed by atoms with Gasteiger partial charge in [0.1, 0.15) is 0 Å². The van der Waals surface area contributed by atoms with E-state index in [1.165, 1.54) is 0 Å². The summed E-state index contributed by atoms with van der Waals surface area (Å²) in [6.07, 6.45) is 0. The summed E-state index contributed by atoms with van der Waals surface area (Å²) in [5, 5.41) is 3.95. The third-order valence-corrected chi connectivity index (χ3v) is 2.79. The molecule has 0 bridgehead atoms. The fourth-order valence-electron chi connectivity index (χ4n) is 1.27. The van der Waals surface area contributed by atoms with Gasteiger partial charge in [0.2, 0.25) is 0 Å². The molecule has 15 heavy (non-hydrogen) atoms. The Morgan fingerprint density at radius 1 is 1.00 bits per heavy atom. The molecule has 3 heteroatoms. The summed E-state index contributed by atoms with van der Waals surface area (Å²) >= 11 is 9.46. The van der Waals surface area contributed by atoms with Gasteiger partial charge in [-0.15, -0.1) is 0 Å². The largest absolute Gasteiger partial charge is 0.354 e. The van der Waals surface area contributed by atoms with Crippen molar-refractivity contribution in [3.05, 3.63) is 58.0 Å². The van der Waals surface area contributed by atoms with Gasteiger partial charge in [0.15, 0.2) is 0 Å². The van der Waals surface area contributed by atoms with Gasteiger partial charge in [0.25, 0.3) is 0 Å². The van der Waals surface area contributed by atoms with Gasteiger partial charge in [-0.25, -0.2) is 0 Å². The Hall–Kier alpha value is -0.990. The predicted molar refractivity (Wildman–Crippen MR) is 68.9 cm³/mol. The Morgan fingerprint density at radius 2 is 1.73 bits per heavy atom. The van der Waals surface area contributed by atoms with Crippen LogP contribution in [0.3, 0.4) is 0 Å². The van der Waals surface area contributed by atoms with E-state index in [1.54, 1.807) is 0 Å². The van der Waals surface area contributed by atoms with Crippen LogP contribution in [0.1, 0.15) is 0 Å². The lowest BCUT2D eigenvalue weighted by Gasteiger charge is -2.08. The highest BCUT2D eigenvalue weighted by molar-refractivity contribution is 9.10. The zero-order chi connectivity index (χ0) is 10.7. The minimum absolute atomic E-state index is 0.702. The fraction of sp³-hybridized carbons (Fsp3) is 0. The predicted octanol–water partition coefficient (Wildman–Crippen LogP) is 4.85. The summed E-state index contributed by atoms with van der Waals surface area (Å²) in [7, 11) is 0. The Morgan fingerprint density at radius 3 is 2.40 bits per heavy atom. The van der Waals surface area contributed by atoms with Crippen molar-refractivity contribution in [2.45, 2.75) is 0 Å². The van der Waals surface area contributed by atoms with E-state index in [1.807, 2.05) is 48.5 Å². The second-order valence-electron chi connectivity index (χ2n) is 3.12. The average molecular weight is 283 g/mol. The maximum Gasteiger partial charge on any atom is 0.0652 e. The third-order valence-electron chi connectivity index (χ3n) is 1.98. The quantitative estimate of drug-likeness (QED) is 0.830. The van der Waals surface area contributed by atoms with E-state index in [-0.39, 0.29) is 0 Å². The molecule has 0 saturated heterocycles. The van der Waals surface area contributed by atoms with Crippen molar-refractivity contribution in [3.8, 4) is 0 Å². The van der Waals surface area contributed by atoms with Crippen molar-refractivity contribution in [1.29, 1.82) is 0 Å². The molecule has 2 aromatic carbocycles. The van der Waals surface area contributed by atoms with Crippen LogP contribution in [0.4, 0.5) is 11.4 Å². The van der Waals surface area contributed by atoms with E-state index in [2.05, 4.69) is 21.2 Å². The SMILES string of the molecule is Clc1cc(Br)ccc1Nc1ccccc1. The Labute approximate surface area is 102 Å². The number of para-hydroxylation sites is 1. The third kappa shape index (κ3) is 2.74. The number of benzene rings is 2. The zero-order valence-electron chi connectivity index (χ0n) is 7.87. The first-order chi connectivity index (χ1) is 7.25. The van der Waals surface area contributed by atoms with Gasteiger partial charge >= 0.3 is 0 Å². The number of rotatable bonds is 2. The Kier molecular flexibility index (Phi) is 3.29. The van der Waals surface area contributed by atoms with Crippen LogP contribution in [0.15, 0.2) is 53.0 Å². The standard InChI is InChI=1S/C12H9BrClN/c13-9-6-7-12(11(14)8-9)15-10-4-2-1-3-5-10/h1-8,15H. The maximum absolute atomic E-state index is 6.09. The highest BCUT2D eigenvalue weighted by atomic mass is 79.9. The van der Waals surface area contributed by atoms with Crippen molar-refractivity contribution in [3.63, 3.8) is 0 Å². The summed E-state index contributed by atoms with van der Waals surface area (Å²) in [5.74, 6) is 0.